The van der Waals surface area contributed by atoms with Gasteiger partial charge in [-0.15, -0.1) is 0 Å². The van der Waals surface area contributed by atoms with Crippen LogP contribution in [0.5, 0.6) is 11.5 Å². The molecule has 2 heterocycles. The largest absolute Gasteiger partial charge is 0.454 e. The number of hydrogen-bond acceptors (Lipinski definition) is 6. The van der Waals surface area contributed by atoms with Crippen LogP contribution in [0.4, 0.5) is 5.69 Å². The molecule has 2 amide bonds. The van der Waals surface area contributed by atoms with Crippen LogP contribution in [-0.2, 0) is 14.8 Å². The molecule has 0 aromatic heterocycles. The first-order chi connectivity index (χ1) is 21.2. The second kappa shape index (κ2) is 14.6. The van der Waals surface area contributed by atoms with Gasteiger partial charge in [-0.2, -0.15) is 0 Å². The van der Waals surface area contributed by atoms with E-state index in [2.05, 4.69) is 14.9 Å². The minimum atomic E-state index is -4.02. The number of nitrogens with one attached hydrogen (secondary N) is 2. The van der Waals surface area contributed by atoms with E-state index < -0.39 is 15.9 Å². The maximum atomic E-state index is 13.2. The van der Waals surface area contributed by atoms with Crippen molar-refractivity contribution in [1.82, 2.24) is 15.1 Å². The summed E-state index contributed by atoms with van der Waals surface area (Å²) in [6.45, 7) is 4.87. The van der Waals surface area contributed by atoms with Gasteiger partial charge in [0.25, 0.3) is 15.9 Å². The van der Waals surface area contributed by atoms with Gasteiger partial charge in [-0.05, 0) is 112 Å². The number of rotatable bonds is 11. The molecule has 2 aliphatic rings. The Kier molecular flexibility index (Phi) is 10.7. The van der Waals surface area contributed by atoms with Crippen LogP contribution in [-0.4, -0.2) is 69.3 Å². The summed E-state index contributed by atoms with van der Waals surface area (Å²) in [7, 11) is -4.02. The first-order valence-electron chi connectivity index (χ1n) is 14.8. The van der Waals surface area contributed by atoms with Crippen molar-refractivity contribution in [2.45, 2.75) is 37.0 Å². The van der Waals surface area contributed by atoms with Crippen molar-refractivity contribution in [3.05, 3.63) is 82.3 Å². The number of sulfonamides is 1. The molecule has 9 nitrogen and oxygen atoms in total. The Morgan fingerprint density at radius 2 is 1.59 bits per heavy atom. The highest BCUT2D eigenvalue weighted by Gasteiger charge is 2.24. The molecule has 2 aliphatic heterocycles. The summed E-state index contributed by atoms with van der Waals surface area (Å²) < 4.78 is 34.7. The maximum absolute atomic E-state index is 13.2. The molecule has 2 fully saturated rings. The smallest absolute Gasteiger partial charge is 0.262 e. The normalized spacial score (nSPS) is 16.1. The molecule has 3 aromatic carbocycles. The zero-order valence-corrected chi connectivity index (χ0v) is 26.6. The number of nitrogens with zero attached hydrogens (tertiary/aromatic N) is 2. The Balaban J connectivity index is 1.11. The zero-order valence-electron chi connectivity index (χ0n) is 24.3. The molecule has 2 N–H and O–H groups in total. The molecule has 0 spiro atoms. The minimum Gasteiger partial charge on any atom is -0.454 e. The van der Waals surface area contributed by atoms with Crippen LogP contribution in [0.3, 0.4) is 0 Å². The third-order valence-electron chi connectivity index (χ3n) is 8.09. The van der Waals surface area contributed by atoms with Crippen LogP contribution < -0.4 is 14.8 Å². The average Bonchev–Trinajstić information content (AvgIpc) is 3.55. The number of hydrogen-bond donors (Lipinski definition) is 2. The molecule has 44 heavy (non-hydrogen) atoms. The van der Waals surface area contributed by atoms with E-state index in [0.29, 0.717) is 29.8 Å². The van der Waals surface area contributed by atoms with Crippen LogP contribution in [0.15, 0.2) is 71.6 Å². The maximum Gasteiger partial charge on any atom is 0.262 e. The number of benzene rings is 3. The molecule has 0 saturated carbocycles. The highest BCUT2D eigenvalue weighted by molar-refractivity contribution is 7.92. The lowest BCUT2D eigenvalue weighted by Gasteiger charge is -2.32. The van der Waals surface area contributed by atoms with E-state index in [4.69, 9.17) is 27.9 Å². The monoisotopic (exact) mass is 658 g/mol. The second-order valence-electron chi connectivity index (χ2n) is 11.1. The molecular weight excluding hydrogens is 623 g/mol. The minimum absolute atomic E-state index is 0.0444. The van der Waals surface area contributed by atoms with Gasteiger partial charge in [0.1, 0.15) is 5.75 Å². The number of amides is 2. The van der Waals surface area contributed by atoms with Crippen molar-refractivity contribution in [3.8, 4) is 11.5 Å². The van der Waals surface area contributed by atoms with Crippen LogP contribution in [0.1, 0.15) is 42.5 Å². The van der Waals surface area contributed by atoms with Gasteiger partial charge < -0.3 is 19.9 Å². The highest BCUT2D eigenvalue weighted by Crippen LogP contribution is 2.35. The molecule has 2 saturated heterocycles. The molecule has 0 aliphatic carbocycles. The van der Waals surface area contributed by atoms with E-state index in [1.54, 1.807) is 36.4 Å². The van der Waals surface area contributed by atoms with Crippen molar-refractivity contribution >= 4 is 50.7 Å². The SMILES string of the molecule is O=C(NCC(=O)N1CCC(CCN2CCCC2)CC1)c1ccc(S(=O)(=O)Nc2ccccc2Oc2ccc(Cl)cc2Cl)cc1. The fourth-order valence-corrected chi connectivity index (χ4v) is 7.04. The van der Waals surface area contributed by atoms with Gasteiger partial charge in [0.2, 0.25) is 5.91 Å². The van der Waals surface area contributed by atoms with Crippen LogP contribution >= 0.6 is 23.2 Å². The van der Waals surface area contributed by atoms with Gasteiger partial charge in [0.15, 0.2) is 5.75 Å². The number of anilines is 1. The molecule has 0 bridgehead atoms. The Labute approximate surface area is 268 Å². The van der Waals surface area contributed by atoms with Crippen molar-refractivity contribution in [1.29, 1.82) is 0 Å². The lowest BCUT2D eigenvalue weighted by atomic mass is 9.93. The van der Waals surface area contributed by atoms with Crippen LogP contribution in [0.2, 0.25) is 10.0 Å². The molecule has 12 heteroatoms. The van der Waals surface area contributed by atoms with Crippen LogP contribution in [0, 0.1) is 5.92 Å². The highest BCUT2D eigenvalue weighted by atomic mass is 35.5. The third kappa shape index (κ3) is 8.44. The van der Waals surface area contributed by atoms with Gasteiger partial charge in [-0.25, -0.2) is 8.42 Å². The van der Waals surface area contributed by atoms with E-state index in [-0.39, 0.29) is 39.4 Å². The fraction of sp³-hybridized carbons (Fsp3) is 0.375. The van der Waals surface area contributed by atoms with E-state index >= 15 is 0 Å². The summed E-state index contributed by atoms with van der Waals surface area (Å²) in [5.74, 6) is 0.637. The topological polar surface area (TPSA) is 108 Å². The molecule has 0 radical (unpaired) electrons. The number of ether oxygens (including phenoxy) is 1. The summed E-state index contributed by atoms with van der Waals surface area (Å²) in [6, 6.07) is 16.8. The van der Waals surface area contributed by atoms with Crippen LogP contribution in [0.25, 0.3) is 0 Å². The summed E-state index contributed by atoms with van der Waals surface area (Å²) in [4.78, 5) is 29.8. The summed E-state index contributed by atoms with van der Waals surface area (Å²) in [5, 5.41) is 3.39. The van der Waals surface area contributed by atoms with Crippen molar-refractivity contribution < 1.29 is 22.7 Å². The van der Waals surface area contributed by atoms with Gasteiger partial charge in [-0.3, -0.25) is 14.3 Å². The Bertz CT molecular complexity index is 1570. The number of carbonyl (C=O) groups excluding carboxylic acids is 2. The number of likely N-dealkylation sites (tertiary alicyclic amines) is 2. The van der Waals surface area contributed by atoms with E-state index in [1.165, 1.54) is 62.7 Å². The Hall–Kier alpha value is -3.31. The standard InChI is InChI=1S/C32H36Cl2N4O5S/c33-25-9-12-29(27(34)21-25)43-30-6-2-1-5-28(30)36-44(41,42)26-10-7-24(8-11-26)32(40)35-22-31(39)38-19-14-23(15-20-38)13-18-37-16-3-4-17-37/h1-2,5-12,21,23,36H,3-4,13-20,22H2,(H,35,40). The first-order valence-corrected chi connectivity index (χ1v) is 17.0. The summed E-state index contributed by atoms with van der Waals surface area (Å²) in [5.41, 5.74) is 0.452. The van der Waals surface area contributed by atoms with Gasteiger partial charge >= 0.3 is 0 Å². The van der Waals surface area contributed by atoms with Gasteiger partial charge in [0.05, 0.1) is 22.2 Å². The van der Waals surface area contributed by atoms with Crippen molar-refractivity contribution in [2.75, 3.05) is 44.0 Å². The van der Waals surface area contributed by atoms with E-state index in [9.17, 15) is 18.0 Å². The van der Waals surface area contributed by atoms with Crippen molar-refractivity contribution in [3.63, 3.8) is 0 Å². The summed E-state index contributed by atoms with van der Waals surface area (Å²) >= 11 is 12.2. The van der Waals surface area contributed by atoms with Gasteiger partial charge in [-0.1, -0.05) is 35.3 Å². The fourth-order valence-electron chi connectivity index (χ4n) is 5.52. The Morgan fingerprint density at radius 3 is 2.30 bits per heavy atom. The molecule has 234 valence electrons. The Morgan fingerprint density at radius 1 is 0.886 bits per heavy atom. The van der Waals surface area contributed by atoms with E-state index in [1.807, 2.05) is 4.90 Å². The number of halogens is 2. The molecule has 5 rings (SSSR count). The lowest BCUT2D eigenvalue weighted by molar-refractivity contribution is -0.131. The number of para-hydroxylation sites is 2. The first kappa shape index (κ1) is 32.1. The lowest BCUT2D eigenvalue weighted by Crippen LogP contribution is -2.44. The second-order valence-corrected chi connectivity index (χ2v) is 13.7. The average molecular weight is 660 g/mol. The predicted molar refractivity (Wildman–Crippen MR) is 172 cm³/mol. The quantitative estimate of drug-likeness (QED) is 0.260. The third-order valence-corrected chi connectivity index (χ3v) is 10.0. The molecule has 3 aromatic rings. The predicted octanol–water partition coefficient (Wildman–Crippen LogP) is 6.04. The molecule has 0 unspecified atom stereocenters. The molecular formula is C32H36Cl2N4O5S. The number of piperidine rings is 1. The van der Waals surface area contributed by atoms with E-state index in [0.717, 1.165) is 19.4 Å². The number of carbonyl (C=O) groups is 2. The van der Waals surface area contributed by atoms with Gasteiger partial charge in [0, 0.05) is 23.7 Å². The van der Waals surface area contributed by atoms with Crippen molar-refractivity contribution in [2.24, 2.45) is 5.92 Å². The summed E-state index contributed by atoms with van der Waals surface area (Å²) in [6.07, 6.45) is 5.75. The molecule has 0 atom stereocenters. The zero-order chi connectivity index (χ0) is 31.1.